The summed E-state index contributed by atoms with van der Waals surface area (Å²) in [5.41, 5.74) is -0.648. The Morgan fingerprint density at radius 3 is 2.61 bits per heavy atom. The van der Waals surface area contributed by atoms with Gasteiger partial charge in [-0.15, -0.1) is 0 Å². The monoisotopic (exact) mass is 255 g/mol. The normalized spacial score (nSPS) is 25.9. The molecule has 2 aliphatic rings. The molecule has 1 unspecified atom stereocenters. The third kappa shape index (κ3) is 3.45. The van der Waals surface area contributed by atoms with Crippen LogP contribution in [-0.2, 0) is 9.53 Å². The Hall–Kier alpha value is -0.610. The van der Waals surface area contributed by atoms with E-state index in [1.165, 1.54) is 0 Å². The van der Waals surface area contributed by atoms with Gasteiger partial charge in [0.05, 0.1) is 5.60 Å². The summed E-state index contributed by atoms with van der Waals surface area (Å²) in [6, 6.07) is 0. The van der Waals surface area contributed by atoms with Crippen LogP contribution in [-0.4, -0.2) is 36.4 Å². The molecule has 2 fully saturated rings. The zero-order chi connectivity index (χ0) is 13.0. The van der Waals surface area contributed by atoms with Crippen LogP contribution in [0.4, 0.5) is 0 Å². The molecule has 1 saturated carbocycles. The van der Waals surface area contributed by atoms with Gasteiger partial charge in [0, 0.05) is 25.7 Å². The van der Waals surface area contributed by atoms with Crippen LogP contribution >= 0.6 is 0 Å². The Labute approximate surface area is 109 Å². The molecule has 1 aliphatic heterocycles. The van der Waals surface area contributed by atoms with Crippen molar-refractivity contribution < 1.29 is 14.6 Å². The predicted octanol–water partition coefficient (Wildman–Crippen LogP) is 1.47. The molecule has 0 radical (unpaired) electrons. The van der Waals surface area contributed by atoms with Crippen molar-refractivity contribution in [2.75, 3.05) is 19.8 Å². The smallest absolute Gasteiger partial charge is 0.223 e. The molecule has 0 aromatic rings. The zero-order valence-corrected chi connectivity index (χ0v) is 11.3. The summed E-state index contributed by atoms with van der Waals surface area (Å²) in [5, 5.41) is 13.1. The van der Waals surface area contributed by atoms with Crippen LogP contribution in [0.3, 0.4) is 0 Å². The van der Waals surface area contributed by atoms with Gasteiger partial charge in [-0.05, 0) is 31.6 Å². The number of hydrogen-bond acceptors (Lipinski definition) is 3. The van der Waals surface area contributed by atoms with E-state index in [1.807, 2.05) is 6.92 Å². The summed E-state index contributed by atoms with van der Waals surface area (Å²) < 4.78 is 5.32. The molecule has 0 aromatic heterocycles. The second kappa shape index (κ2) is 6.02. The Balaban J connectivity index is 1.76. The van der Waals surface area contributed by atoms with E-state index in [0.717, 1.165) is 51.7 Å². The summed E-state index contributed by atoms with van der Waals surface area (Å²) in [6.45, 7) is 3.95. The highest BCUT2D eigenvalue weighted by Crippen LogP contribution is 2.29. The maximum absolute atomic E-state index is 12.1. The lowest BCUT2D eigenvalue weighted by molar-refractivity contribution is -0.128. The predicted molar refractivity (Wildman–Crippen MR) is 69.1 cm³/mol. The van der Waals surface area contributed by atoms with Gasteiger partial charge in [0.15, 0.2) is 0 Å². The first-order valence-electron chi connectivity index (χ1n) is 7.19. The lowest BCUT2D eigenvalue weighted by Gasteiger charge is -2.28. The van der Waals surface area contributed by atoms with Gasteiger partial charge >= 0.3 is 0 Å². The topological polar surface area (TPSA) is 58.6 Å². The van der Waals surface area contributed by atoms with Gasteiger partial charge in [0.1, 0.15) is 0 Å². The Morgan fingerprint density at radius 2 is 2.00 bits per heavy atom. The molecule has 1 amide bonds. The molecule has 1 saturated heterocycles. The summed E-state index contributed by atoms with van der Waals surface area (Å²) in [7, 11) is 0. The van der Waals surface area contributed by atoms with Crippen molar-refractivity contribution in [2.24, 2.45) is 11.8 Å². The van der Waals surface area contributed by atoms with Crippen LogP contribution in [0.15, 0.2) is 0 Å². The molecule has 4 heteroatoms. The van der Waals surface area contributed by atoms with Crippen molar-refractivity contribution >= 4 is 5.91 Å². The average molecular weight is 255 g/mol. The fourth-order valence-corrected chi connectivity index (χ4v) is 3.05. The number of amides is 1. The van der Waals surface area contributed by atoms with Crippen molar-refractivity contribution in [1.82, 2.24) is 5.32 Å². The summed E-state index contributed by atoms with van der Waals surface area (Å²) >= 11 is 0. The number of aliphatic hydroxyl groups is 1. The van der Waals surface area contributed by atoms with E-state index >= 15 is 0 Å². The van der Waals surface area contributed by atoms with Crippen LogP contribution in [0.2, 0.25) is 0 Å². The molecule has 0 bridgehead atoms. The van der Waals surface area contributed by atoms with E-state index in [-0.39, 0.29) is 11.8 Å². The van der Waals surface area contributed by atoms with Gasteiger partial charge in [0.25, 0.3) is 0 Å². The minimum absolute atomic E-state index is 0.0268. The second-order valence-corrected chi connectivity index (χ2v) is 5.89. The maximum atomic E-state index is 12.1. The van der Waals surface area contributed by atoms with E-state index in [2.05, 4.69) is 5.32 Å². The van der Waals surface area contributed by atoms with E-state index in [4.69, 9.17) is 4.74 Å². The standard InChI is InChI=1S/C14H25NO3/c1-11(12-4-8-18-9-5-12)13(16)15-10-14(17)6-2-3-7-14/h11-12,17H,2-10H2,1H3,(H,15,16). The summed E-state index contributed by atoms with van der Waals surface area (Å²) in [5.74, 6) is 0.540. The summed E-state index contributed by atoms with van der Waals surface area (Å²) in [4.78, 5) is 12.1. The number of ether oxygens (including phenoxy) is 1. The third-order valence-electron chi connectivity index (χ3n) is 4.51. The molecule has 18 heavy (non-hydrogen) atoms. The molecule has 1 aliphatic carbocycles. The quantitative estimate of drug-likeness (QED) is 0.800. The highest BCUT2D eigenvalue weighted by atomic mass is 16.5. The molecule has 1 atom stereocenters. The highest BCUT2D eigenvalue weighted by Gasteiger charge is 2.33. The van der Waals surface area contributed by atoms with E-state index in [0.29, 0.717) is 12.5 Å². The van der Waals surface area contributed by atoms with Crippen LogP contribution in [0.1, 0.15) is 45.4 Å². The van der Waals surface area contributed by atoms with E-state index in [1.54, 1.807) is 0 Å². The van der Waals surface area contributed by atoms with Gasteiger partial charge in [-0.1, -0.05) is 19.8 Å². The molecular formula is C14H25NO3. The van der Waals surface area contributed by atoms with Crippen molar-refractivity contribution in [3.05, 3.63) is 0 Å². The van der Waals surface area contributed by atoms with Gasteiger partial charge in [-0.2, -0.15) is 0 Å². The van der Waals surface area contributed by atoms with Crippen LogP contribution < -0.4 is 5.32 Å². The van der Waals surface area contributed by atoms with Gasteiger partial charge in [0.2, 0.25) is 5.91 Å². The maximum Gasteiger partial charge on any atom is 0.223 e. The number of carbonyl (C=O) groups excluding carboxylic acids is 1. The number of hydrogen-bond donors (Lipinski definition) is 2. The Bertz CT molecular complexity index is 281. The molecule has 0 spiro atoms. The summed E-state index contributed by atoms with van der Waals surface area (Å²) in [6.07, 6.45) is 5.72. The average Bonchev–Trinajstić information content (AvgIpc) is 2.83. The zero-order valence-electron chi connectivity index (χ0n) is 11.3. The van der Waals surface area contributed by atoms with Gasteiger partial charge in [-0.3, -0.25) is 4.79 Å². The van der Waals surface area contributed by atoms with Crippen molar-refractivity contribution in [1.29, 1.82) is 0 Å². The van der Waals surface area contributed by atoms with Crippen LogP contribution in [0, 0.1) is 11.8 Å². The van der Waals surface area contributed by atoms with Gasteiger partial charge in [-0.25, -0.2) is 0 Å². The minimum atomic E-state index is -0.648. The first-order valence-corrected chi connectivity index (χ1v) is 7.19. The second-order valence-electron chi connectivity index (χ2n) is 5.89. The van der Waals surface area contributed by atoms with Crippen molar-refractivity contribution in [3.8, 4) is 0 Å². The Kier molecular flexibility index (Phi) is 4.62. The van der Waals surface area contributed by atoms with Crippen LogP contribution in [0.5, 0.6) is 0 Å². The molecule has 2 N–H and O–H groups in total. The minimum Gasteiger partial charge on any atom is -0.388 e. The highest BCUT2D eigenvalue weighted by molar-refractivity contribution is 5.78. The van der Waals surface area contributed by atoms with E-state index in [9.17, 15) is 9.90 Å². The lowest BCUT2D eigenvalue weighted by atomic mass is 9.86. The third-order valence-corrected chi connectivity index (χ3v) is 4.51. The molecule has 0 aromatic carbocycles. The fraction of sp³-hybridized carbons (Fsp3) is 0.929. The van der Waals surface area contributed by atoms with Gasteiger partial charge < -0.3 is 15.2 Å². The number of nitrogens with one attached hydrogen (secondary N) is 1. The fourth-order valence-electron chi connectivity index (χ4n) is 3.05. The number of carbonyl (C=O) groups is 1. The van der Waals surface area contributed by atoms with Crippen molar-refractivity contribution in [2.45, 2.75) is 51.0 Å². The molecule has 1 heterocycles. The first kappa shape index (κ1) is 13.8. The molecule has 4 nitrogen and oxygen atoms in total. The largest absolute Gasteiger partial charge is 0.388 e. The van der Waals surface area contributed by atoms with E-state index < -0.39 is 5.60 Å². The lowest BCUT2D eigenvalue weighted by Crippen LogP contribution is -2.44. The van der Waals surface area contributed by atoms with Crippen molar-refractivity contribution in [3.63, 3.8) is 0 Å². The SMILES string of the molecule is CC(C(=O)NCC1(O)CCCC1)C1CCOCC1. The molecule has 2 rings (SSSR count). The molecular weight excluding hydrogens is 230 g/mol. The number of rotatable bonds is 4. The van der Waals surface area contributed by atoms with Crippen LogP contribution in [0.25, 0.3) is 0 Å². The molecule has 104 valence electrons. The Morgan fingerprint density at radius 1 is 1.39 bits per heavy atom. The first-order chi connectivity index (χ1) is 8.61.